The number of phenolic OH excluding ortho intramolecular Hbond substituents is 1. The van der Waals surface area contributed by atoms with Crippen LogP contribution in [0.3, 0.4) is 0 Å². The highest BCUT2D eigenvalue weighted by Crippen LogP contribution is 2.48. The van der Waals surface area contributed by atoms with Crippen LogP contribution >= 0.6 is 23.2 Å². The van der Waals surface area contributed by atoms with Crippen LogP contribution in [-0.2, 0) is 13.1 Å². The smallest absolute Gasteiger partial charge is 0.337 e. The maximum absolute atomic E-state index is 13.7. The highest BCUT2D eigenvalue weighted by atomic mass is 35.5. The number of aryl methyl sites for hydroxylation is 1. The molecule has 9 N–H and O–H groups in total. The number of amides is 2. The molecule has 0 bridgehead atoms. The summed E-state index contributed by atoms with van der Waals surface area (Å²) < 4.78 is 12.2. The van der Waals surface area contributed by atoms with Crippen LogP contribution in [0.4, 0.5) is 5.69 Å². The quantitative estimate of drug-likeness (QED) is 0.0443. The fraction of sp³-hybridized carbons (Fsp3) is 0.0577. The van der Waals surface area contributed by atoms with Crippen molar-refractivity contribution in [3.63, 3.8) is 0 Å². The highest BCUT2D eigenvalue weighted by molar-refractivity contribution is 6.41. The Labute approximate surface area is 404 Å². The Bertz CT molecular complexity index is 3810. The van der Waals surface area contributed by atoms with E-state index in [4.69, 9.17) is 43.2 Å². The lowest BCUT2D eigenvalue weighted by atomic mass is 9.88. The number of aromatic carboxylic acids is 3. The third kappa shape index (κ3) is 8.26. The van der Waals surface area contributed by atoms with Crippen LogP contribution in [0.1, 0.15) is 68.5 Å². The fourth-order valence-electron chi connectivity index (χ4n) is 8.40. The van der Waals surface area contributed by atoms with Crippen molar-refractivity contribution in [1.82, 2.24) is 10.6 Å². The van der Waals surface area contributed by atoms with Crippen LogP contribution in [0.5, 0.6) is 5.75 Å². The van der Waals surface area contributed by atoms with E-state index in [1.54, 1.807) is 43.3 Å². The van der Waals surface area contributed by atoms with Crippen molar-refractivity contribution >= 4 is 80.6 Å². The van der Waals surface area contributed by atoms with Gasteiger partial charge in [0.25, 0.3) is 11.8 Å². The van der Waals surface area contributed by atoms with Gasteiger partial charge in [0.15, 0.2) is 5.43 Å². The van der Waals surface area contributed by atoms with Gasteiger partial charge in [0, 0.05) is 74.6 Å². The Morgan fingerprint density at radius 2 is 1.33 bits per heavy atom. The Kier molecular flexibility index (Phi) is 11.8. The molecule has 2 amide bonds. The van der Waals surface area contributed by atoms with Gasteiger partial charge < -0.3 is 51.0 Å². The number of nitrogens with two attached hydrogens (primary N) is 1. The summed E-state index contributed by atoms with van der Waals surface area (Å²) in [6.45, 7) is 1.34. The molecular weight excluding hydrogens is 943 g/mol. The topological polar surface area (TPSA) is 284 Å². The van der Waals surface area contributed by atoms with Crippen LogP contribution in [0, 0.1) is 12.3 Å². The average molecular weight is 978 g/mol. The zero-order chi connectivity index (χ0) is 49.9. The van der Waals surface area contributed by atoms with Gasteiger partial charge in [-0.25, -0.2) is 14.4 Å². The van der Waals surface area contributed by atoms with E-state index in [1.165, 1.54) is 66.7 Å². The predicted molar refractivity (Wildman–Crippen MR) is 259 cm³/mol. The third-order valence-electron chi connectivity index (χ3n) is 11.8. The second-order valence-corrected chi connectivity index (χ2v) is 17.0. The number of hydrogen-bond acceptors (Lipinski definition) is 11. The number of rotatable bonds is 11. The molecule has 5 aromatic rings. The first kappa shape index (κ1) is 46.1. The molecule has 0 aromatic heterocycles. The summed E-state index contributed by atoms with van der Waals surface area (Å²) in [5.41, 5.74) is 8.00. The number of carboxylic acid groups (broad SMARTS) is 3. The minimum Gasteiger partial charge on any atom is -0.507 e. The summed E-state index contributed by atoms with van der Waals surface area (Å²) in [6, 6.07) is 25.7. The molecule has 0 saturated heterocycles. The molecule has 4 aliphatic rings. The second kappa shape index (κ2) is 17.9. The lowest BCUT2D eigenvalue weighted by Gasteiger charge is -2.20. The molecule has 70 heavy (non-hydrogen) atoms. The molecule has 9 rings (SSSR count). The van der Waals surface area contributed by atoms with Gasteiger partial charge >= 0.3 is 17.9 Å². The summed E-state index contributed by atoms with van der Waals surface area (Å²) in [6.07, 6.45) is 0. The van der Waals surface area contributed by atoms with Crippen molar-refractivity contribution in [2.24, 2.45) is 0 Å². The largest absolute Gasteiger partial charge is 0.507 e. The Hall–Kier alpha value is -8.99. The van der Waals surface area contributed by atoms with E-state index in [-0.39, 0.29) is 95.9 Å². The molecule has 0 saturated carbocycles. The Morgan fingerprint density at radius 1 is 0.643 bits per heavy atom. The van der Waals surface area contributed by atoms with Gasteiger partial charge in [-0.05, 0) is 96.4 Å². The minimum atomic E-state index is -1.46. The van der Waals surface area contributed by atoms with Crippen LogP contribution in [0.25, 0.3) is 66.8 Å². The van der Waals surface area contributed by atoms with E-state index in [0.29, 0.717) is 49.9 Å². The van der Waals surface area contributed by atoms with Crippen molar-refractivity contribution in [3.05, 3.63) is 179 Å². The Morgan fingerprint density at radius 3 is 2.04 bits per heavy atom. The van der Waals surface area contributed by atoms with Crippen LogP contribution < -0.4 is 27.2 Å². The summed E-state index contributed by atoms with van der Waals surface area (Å²) in [5, 5.41) is 55.6. The number of phenols is 1. The molecule has 2 aliphatic heterocycles. The minimum absolute atomic E-state index is 0.0201. The van der Waals surface area contributed by atoms with Crippen LogP contribution in [0.2, 0.25) is 10.0 Å². The lowest BCUT2D eigenvalue weighted by Crippen LogP contribution is -2.24. The van der Waals surface area contributed by atoms with E-state index in [0.717, 1.165) is 6.07 Å². The van der Waals surface area contributed by atoms with E-state index in [9.17, 15) is 49.2 Å². The molecule has 5 aromatic carbocycles. The number of anilines is 1. The Balaban J connectivity index is 0.968. The van der Waals surface area contributed by atoms with Gasteiger partial charge in [-0.2, -0.15) is 0 Å². The van der Waals surface area contributed by atoms with Gasteiger partial charge in [-0.1, -0.05) is 41.4 Å². The van der Waals surface area contributed by atoms with Gasteiger partial charge in [0.05, 0.1) is 49.8 Å². The van der Waals surface area contributed by atoms with Gasteiger partial charge in [0.2, 0.25) is 0 Å². The number of carbonyl (C=O) groups is 5. The first-order chi connectivity index (χ1) is 33.4. The standard InChI is InChI=1S/C52H34Cl2N4O12/c1-22-14-33-41(19-37(22)56)69-39-16-26(55)7-10-30(39)43(33)44-36(53)18-34(46(54)45(44)52(67)68)49(62)57-20-23-2-4-24(5-3-23)48(61)58-21-35-38(60)13-12-31-42(29-11-8-27(59)17-40(29)70-47(31)35)28-9-6-25(50(63)64)15-32(28)51(65)66/h2-19,56,60H,20-21,55H2,1H3,(H,57,62)(H,58,61)(H,63,64)(H,65,66)(H,67,68). The average Bonchev–Trinajstić information content (AvgIpc) is 3.32. The molecule has 18 heteroatoms. The maximum Gasteiger partial charge on any atom is 0.337 e. The number of aromatic hydroxyl groups is 1. The number of benzene rings is 7. The monoisotopic (exact) mass is 976 g/mol. The second-order valence-electron chi connectivity index (χ2n) is 16.2. The molecule has 0 fully saturated rings. The van der Waals surface area contributed by atoms with Crippen molar-refractivity contribution < 1.29 is 53.2 Å². The van der Waals surface area contributed by atoms with E-state index < -0.39 is 40.7 Å². The molecule has 2 heterocycles. The zero-order valence-corrected chi connectivity index (χ0v) is 37.7. The zero-order valence-electron chi connectivity index (χ0n) is 36.2. The van der Waals surface area contributed by atoms with Gasteiger partial charge in [-0.15, -0.1) is 0 Å². The molecule has 0 radical (unpaired) electrons. The first-order valence-electron chi connectivity index (χ1n) is 20.9. The highest BCUT2D eigenvalue weighted by Gasteiger charge is 2.30. The van der Waals surface area contributed by atoms with Crippen molar-refractivity contribution in [2.75, 3.05) is 5.73 Å². The number of carboxylic acids is 3. The number of halogens is 2. The van der Waals surface area contributed by atoms with Crippen molar-refractivity contribution in [3.8, 4) is 50.7 Å². The van der Waals surface area contributed by atoms with Crippen molar-refractivity contribution in [1.29, 1.82) is 5.41 Å². The summed E-state index contributed by atoms with van der Waals surface area (Å²) >= 11 is 13.7. The molecule has 0 atom stereocenters. The number of hydrogen-bond donors (Lipinski definition) is 8. The fourth-order valence-corrected chi connectivity index (χ4v) is 9.02. The third-order valence-corrected chi connectivity index (χ3v) is 12.5. The molecule has 16 nitrogen and oxygen atoms in total. The summed E-state index contributed by atoms with van der Waals surface area (Å²) in [4.78, 5) is 76.9. The van der Waals surface area contributed by atoms with Crippen molar-refractivity contribution in [2.45, 2.75) is 20.0 Å². The normalized spacial score (nSPS) is 11.3. The number of carbonyl (C=O) groups excluding carboxylic acids is 2. The first-order valence-corrected chi connectivity index (χ1v) is 21.7. The summed E-state index contributed by atoms with van der Waals surface area (Å²) in [5.74, 6) is -5.52. The van der Waals surface area contributed by atoms with Crippen LogP contribution in [0.15, 0.2) is 123 Å². The molecule has 2 aliphatic carbocycles. The molecular formula is C52H34Cl2N4O12. The predicted octanol–water partition coefficient (Wildman–Crippen LogP) is 9.42. The van der Waals surface area contributed by atoms with Gasteiger partial charge in [-0.3, -0.25) is 14.4 Å². The summed E-state index contributed by atoms with van der Waals surface area (Å²) in [7, 11) is 0. The van der Waals surface area contributed by atoms with E-state index >= 15 is 0 Å². The lowest BCUT2D eigenvalue weighted by molar-refractivity contribution is 0.0682. The number of nitrogen functional groups attached to an aromatic ring is 1. The van der Waals surface area contributed by atoms with E-state index in [1.807, 2.05) is 0 Å². The molecule has 0 unspecified atom stereocenters. The number of nitrogens with one attached hydrogen (secondary N) is 3. The van der Waals surface area contributed by atoms with Gasteiger partial charge in [0.1, 0.15) is 28.4 Å². The van der Waals surface area contributed by atoms with E-state index in [2.05, 4.69) is 10.6 Å². The SMILES string of the molecule is Cc1cc2c(-c3c(Cl)cc(C(=O)NCc4ccc(C(=O)NCc5c(O)ccc6c(-c7ccc(C(=O)O)cc7C(=O)O)c7ccc(=O)cc-7oc56)cc4)c(Cl)c3C(=O)O)c3ccc(N)cc3oc-2cc1=N. The molecule has 0 spiro atoms. The number of fused-ring (bicyclic) bond motifs is 4. The maximum atomic E-state index is 13.7. The van der Waals surface area contributed by atoms with Crippen LogP contribution in [-0.4, -0.2) is 50.1 Å². The molecule has 348 valence electrons.